The highest BCUT2D eigenvalue weighted by atomic mass is 35.5. The zero-order valence-corrected chi connectivity index (χ0v) is 14.0. The molecule has 2 aromatic rings. The Bertz CT molecular complexity index is 713. The Kier molecular flexibility index (Phi) is 5.33. The second-order valence-corrected chi connectivity index (χ2v) is 5.51. The van der Waals surface area contributed by atoms with Crippen molar-refractivity contribution in [3.05, 3.63) is 41.2 Å². The van der Waals surface area contributed by atoms with E-state index in [-0.39, 0.29) is 24.1 Å². The lowest BCUT2D eigenvalue weighted by atomic mass is 10.3. The van der Waals surface area contributed by atoms with E-state index >= 15 is 0 Å². The van der Waals surface area contributed by atoms with Gasteiger partial charge in [0.05, 0.1) is 16.9 Å². The minimum Gasteiger partial charge on any atom is -0.347 e. The molecule has 0 N–H and O–H groups in total. The molecule has 0 aliphatic rings. The van der Waals surface area contributed by atoms with Gasteiger partial charge in [-0.25, -0.2) is 4.68 Å². The molecule has 0 aliphatic carbocycles. The van der Waals surface area contributed by atoms with E-state index in [2.05, 4.69) is 10.3 Å². The minimum absolute atomic E-state index is 0.00128. The Morgan fingerprint density at radius 2 is 1.96 bits per heavy atom. The Balaban J connectivity index is 2.20. The molecule has 23 heavy (non-hydrogen) atoms. The van der Waals surface area contributed by atoms with Gasteiger partial charge in [-0.15, -0.1) is 5.10 Å². The molecule has 0 bridgehead atoms. The number of halogens is 1. The largest absolute Gasteiger partial charge is 0.347 e. The molecule has 1 aromatic carbocycles. The first kappa shape index (κ1) is 17.0. The lowest BCUT2D eigenvalue weighted by Crippen LogP contribution is -2.40. The minimum atomic E-state index is -0.346. The summed E-state index contributed by atoms with van der Waals surface area (Å²) in [4.78, 5) is 27.1. The molecule has 0 fully saturated rings. The zero-order valence-electron chi connectivity index (χ0n) is 13.2. The van der Waals surface area contributed by atoms with E-state index in [1.54, 1.807) is 39.2 Å². The number of likely N-dealkylation sites (N-methyl/N-ethyl adjacent to an activating group) is 2. The van der Waals surface area contributed by atoms with Crippen LogP contribution in [-0.4, -0.2) is 63.8 Å². The van der Waals surface area contributed by atoms with Crippen molar-refractivity contribution < 1.29 is 9.59 Å². The van der Waals surface area contributed by atoms with Crippen LogP contribution < -0.4 is 0 Å². The van der Waals surface area contributed by atoms with Crippen molar-refractivity contribution in [3.8, 4) is 5.69 Å². The number of carbonyl (C=O) groups is 2. The van der Waals surface area contributed by atoms with Crippen molar-refractivity contribution in [2.75, 3.05) is 27.2 Å². The third kappa shape index (κ3) is 3.87. The van der Waals surface area contributed by atoms with Crippen molar-refractivity contribution >= 4 is 23.4 Å². The van der Waals surface area contributed by atoms with Gasteiger partial charge in [-0.1, -0.05) is 28.9 Å². The Morgan fingerprint density at radius 3 is 2.57 bits per heavy atom. The van der Waals surface area contributed by atoms with Gasteiger partial charge in [0.2, 0.25) is 5.91 Å². The van der Waals surface area contributed by atoms with Gasteiger partial charge in [0.15, 0.2) is 5.69 Å². The number of aromatic nitrogens is 3. The van der Waals surface area contributed by atoms with Crippen LogP contribution in [0.25, 0.3) is 5.69 Å². The second-order valence-electron chi connectivity index (χ2n) is 5.11. The number of nitrogens with zero attached hydrogens (tertiary/aromatic N) is 5. The van der Waals surface area contributed by atoms with E-state index < -0.39 is 0 Å². The van der Waals surface area contributed by atoms with E-state index in [4.69, 9.17) is 11.6 Å². The Labute approximate surface area is 139 Å². The van der Waals surface area contributed by atoms with E-state index in [0.29, 0.717) is 17.3 Å². The van der Waals surface area contributed by atoms with Crippen LogP contribution in [0.3, 0.4) is 0 Å². The Morgan fingerprint density at radius 1 is 1.26 bits per heavy atom. The number of hydrogen-bond acceptors (Lipinski definition) is 4. The lowest BCUT2D eigenvalue weighted by molar-refractivity contribution is -0.129. The molecule has 122 valence electrons. The first-order valence-electron chi connectivity index (χ1n) is 7.10. The van der Waals surface area contributed by atoms with Crippen molar-refractivity contribution in [3.63, 3.8) is 0 Å². The fraction of sp³-hybridized carbons (Fsp3) is 0.333. The van der Waals surface area contributed by atoms with Crippen LogP contribution in [0.1, 0.15) is 17.4 Å². The molecule has 0 atom stereocenters. The summed E-state index contributed by atoms with van der Waals surface area (Å²) in [5.41, 5.74) is 0.798. The number of benzene rings is 1. The van der Waals surface area contributed by atoms with Gasteiger partial charge in [-0.2, -0.15) is 0 Å². The Hall–Kier alpha value is -2.41. The molecular weight excluding hydrogens is 318 g/mol. The average molecular weight is 336 g/mol. The number of carbonyl (C=O) groups excluding carboxylic acids is 2. The summed E-state index contributed by atoms with van der Waals surface area (Å²) in [7, 11) is 3.29. The number of rotatable bonds is 5. The second kappa shape index (κ2) is 7.23. The highest BCUT2D eigenvalue weighted by molar-refractivity contribution is 6.32. The predicted octanol–water partition coefficient (Wildman–Crippen LogP) is 1.47. The molecule has 0 saturated carbocycles. The molecule has 2 rings (SSSR count). The van der Waals surface area contributed by atoms with Crippen molar-refractivity contribution in [1.29, 1.82) is 0 Å². The third-order valence-electron chi connectivity index (χ3n) is 3.31. The van der Waals surface area contributed by atoms with E-state index in [1.165, 1.54) is 20.7 Å². The molecule has 2 amide bonds. The standard InChI is InChI=1S/C15H18ClN5O2/c1-4-20(10-14(22)19(2)3)15(23)12-9-21(18-17-12)13-8-6-5-7-11(13)16/h5-9H,4,10H2,1-3H3. The molecule has 0 aliphatic heterocycles. The van der Waals surface area contributed by atoms with Crippen LogP contribution in [0.4, 0.5) is 0 Å². The van der Waals surface area contributed by atoms with Gasteiger partial charge in [0.25, 0.3) is 5.91 Å². The monoisotopic (exact) mass is 335 g/mol. The highest BCUT2D eigenvalue weighted by Crippen LogP contribution is 2.18. The summed E-state index contributed by atoms with van der Waals surface area (Å²) in [5.74, 6) is -0.500. The van der Waals surface area contributed by atoms with Gasteiger partial charge in [0, 0.05) is 20.6 Å². The number of hydrogen-bond donors (Lipinski definition) is 0. The molecule has 0 saturated heterocycles. The first-order valence-corrected chi connectivity index (χ1v) is 7.48. The van der Waals surface area contributed by atoms with Crippen LogP contribution in [-0.2, 0) is 4.79 Å². The van der Waals surface area contributed by atoms with Crippen molar-refractivity contribution in [2.45, 2.75) is 6.92 Å². The van der Waals surface area contributed by atoms with E-state index in [9.17, 15) is 9.59 Å². The van der Waals surface area contributed by atoms with Crippen LogP contribution in [0.2, 0.25) is 5.02 Å². The maximum atomic E-state index is 12.5. The smallest absolute Gasteiger partial charge is 0.276 e. The van der Waals surface area contributed by atoms with Gasteiger partial charge < -0.3 is 9.80 Å². The van der Waals surface area contributed by atoms with E-state index in [1.807, 2.05) is 6.07 Å². The quantitative estimate of drug-likeness (QED) is 0.829. The summed E-state index contributed by atoms with van der Waals surface area (Å²) in [5, 5.41) is 8.34. The summed E-state index contributed by atoms with van der Waals surface area (Å²) < 4.78 is 1.44. The zero-order chi connectivity index (χ0) is 17.0. The van der Waals surface area contributed by atoms with Crippen LogP contribution in [0.5, 0.6) is 0 Å². The predicted molar refractivity (Wildman–Crippen MR) is 86.6 cm³/mol. The summed E-state index contributed by atoms with van der Waals surface area (Å²) >= 11 is 6.11. The highest BCUT2D eigenvalue weighted by Gasteiger charge is 2.21. The average Bonchev–Trinajstić information content (AvgIpc) is 3.01. The maximum Gasteiger partial charge on any atom is 0.276 e. The fourth-order valence-electron chi connectivity index (χ4n) is 1.91. The number of amides is 2. The number of para-hydroxylation sites is 1. The van der Waals surface area contributed by atoms with Crippen molar-refractivity contribution in [1.82, 2.24) is 24.8 Å². The van der Waals surface area contributed by atoms with Gasteiger partial charge in [-0.05, 0) is 19.1 Å². The molecule has 0 radical (unpaired) electrons. The van der Waals surface area contributed by atoms with Crippen LogP contribution in [0.15, 0.2) is 30.5 Å². The maximum absolute atomic E-state index is 12.5. The molecule has 0 spiro atoms. The van der Waals surface area contributed by atoms with Crippen LogP contribution in [0, 0.1) is 0 Å². The van der Waals surface area contributed by atoms with E-state index in [0.717, 1.165) is 0 Å². The first-order chi connectivity index (χ1) is 10.9. The van der Waals surface area contributed by atoms with Gasteiger partial charge in [0.1, 0.15) is 6.54 Å². The van der Waals surface area contributed by atoms with Gasteiger partial charge in [-0.3, -0.25) is 9.59 Å². The summed E-state index contributed by atoms with van der Waals surface area (Å²) in [6.07, 6.45) is 1.51. The SMILES string of the molecule is CCN(CC(=O)N(C)C)C(=O)c1cn(-c2ccccc2Cl)nn1. The third-order valence-corrected chi connectivity index (χ3v) is 3.63. The molecule has 8 heteroatoms. The van der Waals surface area contributed by atoms with Crippen molar-refractivity contribution in [2.24, 2.45) is 0 Å². The summed E-state index contributed by atoms with van der Waals surface area (Å²) in [6.45, 7) is 2.21. The molecule has 1 aromatic heterocycles. The molecule has 1 heterocycles. The molecular formula is C15H18ClN5O2. The normalized spacial score (nSPS) is 10.4. The fourth-order valence-corrected chi connectivity index (χ4v) is 2.13. The molecule has 7 nitrogen and oxygen atoms in total. The lowest BCUT2D eigenvalue weighted by Gasteiger charge is -2.21. The molecule has 0 unspecified atom stereocenters. The van der Waals surface area contributed by atoms with Gasteiger partial charge >= 0.3 is 0 Å². The topological polar surface area (TPSA) is 71.3 Å². The van der Waals surface area contributed by atoms with Crippen LogP contribution >= 0.6 is 11.6 Å². The summed E-state index contributed by atoms with van der Waals surface area (Å²) in [6, 6.07) is 7.13.